The van der Waals surface area contributed by atoms with E-state index in [4.69, 9.17) is 5.11 Å². The second-order valence-corrected chi connectivity index (χ2v) is 1.83. The maximum absolute atomic E-state index is 10.5. The van der Waals surface area contributed by atoms with Crippen LogP contribution in [0.1, 0.15) is 10.4 Å². The zero-order valence-corrected chi connectivity index (χ0v) is 7.07. The first kappa shape index (κ1) is 14.2. The molecule has 0 amide bonds. The number of carboxylic acid groups (broad SMARTS) is 1. The van der Waals surface area contributed by atoms with Crippen LogP contribution in [0, 0.1) is 0 Å². The van der Waals surface area contributed by atoms with E-state index in [2.05, 4.69) is 0 Å². The number of hydrogen-bond acceptors (Lipinski definition) is 2. The van der Waals surface area contributed by atoms with Crippen molar-refractivity contribution in [2.24, 2.45) is 0 Å². The monoisotopic (exact) mass is 151 g/mol. The van der Waals surface area contributed by atoms with E-state index in [9.17, 15) is 9.90 Å². The average molecular weight is 151 g/mol. The molecule has 0 aliphatic heterocycles. The molecule has 0 saturated heterocycles. The fourth-order valence-electron chi connectivity index (χ4n) is 0.629. The Balaban J connectivity index is 0. The van der Waals surface area contributed by atoms with E-state index in [1.807, 2.05) is 0 Å². The van der Waals surface area contributed by atoms with Crippen molar-refractivity contribution < 1.29 is 52.7 Å². The Kier molecular flexibility index (Phi) is 7.38. The average Bonchev–Trinajstić information content (AvgIpc) is 1.88. The molecule has 0 aliphatic rings. The van der Waals surface area contributed by atoms with E-state index in [0.29, 0.717) is 0 Å². The van der Waals surface area contributed by atoms with E-state index in [0.717, 1.165) is 6.07 Å². The number of rotatable bonds is 1. The van der Waals surface area contributed by atoms with Crippen LogP contribution in [0.4, 0.5) is 0 Å². The van der Waals surface area contributed by atoms with Gasteiger partial charge in [-0.05, 0) is 6.07 Å². The van der Waals surface area contributed by atoms with Crippen molar-refractivity contribution in [3.8, 4) is 5.75 Å². The summed E-state index contributed by atoms with van der Waals surface area (Å²) in [7, 11) is 0. The Labute approximate surface area is 94.1 Å². The first-order valence-corrected chi connectivity index (χ1v) is 2.70. The zero-order valence-electron chi connectivity index (χ0n) is 7.07. The van der Waals surface area contributed by atoms with Crippen LogP contribution in [0.5, 0.6) is 5.75 Å². The molecule has 0 bridgehead atoms. The number of carboxylic acids is 1. The molecule has 0 unspecified atom stereocenters. The van der Waals surface area contributed by atoms with Gasteiger partial charge in [0.2, 0.25) is 0 Å². The van der Waals surface area contributed by atoms with Gasteiger partial charge in [-0.2, -0.15) is 0 Å². The fraction of sp³-hybridized carbons (Fsp3) is 0. The number of hydrogen-bond donors (Lipinski definition) is 1. The normalized spacial score (nSPS) is 7.67. The standard InChI is InChI=1S/C7H6O3.2Li/c8-6-3-1-2-5(4-6)7(9)10;;/h1-4,8H,(H,9,10);;/q;2*+1/p-1. The summed E-state index contributed by atoms with van der Waals surface area (Å²) in [5.41, 5.74) is 0.0347. The Morgan fingerprint density at radius 2 is 1.92 bits per heavy atom. The Bertz CT molecular complexity index is 263. The van der Waals surface area contributed by atoms with E-state index in [-0.39, 0.29) is 49.0 Å². The van der Waals surface area contributed by atoms with Gasteiger partial charge in [-0.1, -0.05) is 18.2 Å². The maximum Gasteiger partial charge on any atom is 1.00 e. The van der Waals surface area contributed by atoms with Crippen molar-refractivity contribution in [3.05, 3.63) is 29.8 Å². The van der Waals surface area contributed by atoms with Gasteiger partial charge in [-0.3, -0.25) is 0 Å². The summed E-state index contributed by atoms with van der Waals surface area (Å²) in [5, 5.41) is 18.9. The molecule has 5 heteroatoms. The summed E-state index contributed by atoms with van der Waals surface area (Å²) >= 11 is 0. The molecular formula is C7H5Li2O3+. The Morgan fingerprint density at radius 1 is 1.33 bits per heavy atom. The summed E-state index contributed by atoms with van der Waals surface area (Å²) < 4.78 is 0. The van der Waals surface area contributed by atoms with Crippen LogP contribution >= 0.6 is 0 Å². The van der Waals surface area contributed by atoms with E-state index in [1.54, 1.807) is 0 Å². The van der Waals surface area contributed by atoms with Gasteiger partial charge in [0, 0.05) is 0 Å². The van der Waals surface area contributed by atoms with Gasteiger partial charge in [0.05, 0.1) is 5.56 Å². The largest absolute Gasteiger partial charge is 1.00 e. The van der Waals surface area contributed by atoms with Crippen LogP contribution in [0.2, 0.25) is 0 Å². The molecule has 1 rings (SSSR count). The number of carbonyl (C=O) groups is 1. The predicted molar refractivity (Wildman–Crippen MR) is 32.8 cm³/mol. The number of benzene rings is 1. The predicted octanol–water partition coefficient (Wildman–Crippen LogP) is -5.53. The topological polar surface area (TPSA) is 60.4 Å². The third-order valence-corrected chi connectivity index (χ3v) is 1.08. The maximum atomic E-state index is 10.5. The molecule has 3 nitrogen and oxygen atoms in total. The van der Waals surface area contributed by atoms with Crippen molar-refractivity contribution in [3.63, 3.8) is 0 Å². The molecule has 0 aliphatic carbocycles. The van der Waals surface area contributed by atoms with Crippen LogP contribution in [0.15, 0.2) is 24.3 Å². The van der Waals surface area contributed by atoms with E-state index >= 15 is 0 Å². The van der Waals surface area contributed by atoms with Crippen LogP contribution in [0.3, 0.4) is 0 Å². The molecule has 1 aromatic carbocycles. The molecule has 0 heterocycles. The van der Waals surface area contributed by atoms with Crippen molar-refractivity contribution >= 4 is 5.97 Å². The summed E-state index contributed by atoms with van der Waals surface area (Å²) in [6.45, 7) is 0. The van der Waals surface area contributed by atoms with Gasteiger partial charge >= 0.3 is 43.7 Å². The van der Waals surface area contributed by atoms with Crippen LogP contribution in [-0.2, 0) is 0 Å². The molecular weight excluding hydrogens is 146 g/mol. The van der Waals surface area contributed by atoms with E-state index < -0.39 is 5.97 Å². The molecule has 0 atom stereocenters. The van der Waals surface area contributed by atoms with Gasteiger partial charge in [-0.15, -0.1) is 5.75 Å². The van der Waals surface area contributed by atoms with Crippen LogP contribution in [-0.4, -0.2) is 11.1 Å². The third-order valence-electron chi connectivity index (χ3n) is 1.08. The van der Waals surface area contributed by atoms with Gasteiger partial charge in [0.1, 0.15) is 0 Å². The smallest absolute Gasteiger partial charge is 0.872 e. The Morgan fingerprint density at radius 3 is 2.25 bits per heavy atom. The molecule has 1 N–H and O–H groups in total. The van der Waals surface area contributed by atoms with Gasteiger partial charge in [0.25, 0.3) is 0 Å². The zero-order chi connectivity index (χ0) is 7.56. The summed E-state index contributed by atoms with van der Waals surface area (Å²) in [6.07, 6.45) is 0. The molecule has 12 heavy (non-hydrogen) atoms. The summed E-state index contributed by atoms with van der Waals surface area (Å²) in [4.78, 5) is 10.2. The van der Waals surface area contributed by atoms with Gasteiger partial charge in [0.15, 0.2) is 0 Å². The first-order valence-electron chi connectivity index (χ1n) is 2.70. The van der Waals surface area contributed by atoms with Crippen LogP contribution in [0.25, 0.3) is 0 Å². The minimum atomic E-state index is -1.07. The molecule has 0 spiro atoms. The second-order valence-electron chi connectivity index (χ2n) is 1.83. The van der Waals surface area contributed by atoms with Crippen molar-refractivity contribution in [1.29, 1.82) is 0 Å². The molecule has 0 aromatic heterocycles. The minimum absolute atomic E-state index is 0. The Hall–Kier alpha value is -0.315. The van der Waals surface area contributed by atoms with Gasteiger partial charge < -0.3 is 10.2 Å². The molecule has 52 valence electrons. The number of aromatic carboxylic acids is 1. The molecule has 1 aromatic rings. The summed E-state index contributed by atoms with van der Waals surface area (Å²) in [6, 6.07) is 5.20. The van der Waals surface area contributed by atoms with E-state index in [1.165, 1.54) is 18.2 Å². The van der Waals surface area contributed by atoms with Crippen molar-refractivity contribution in [2.45, 2.75) is 0 Å². The third kappa shape index (κ3) is 3.90. The molecule has 0 saturated carbocycles. The quantitative estimate of drug-likeness (QED) is 0.407. The first-order chi connectivity index (χ1) is 4.70. The minimum Gasteiger partial charge on any atom is -0.872 e. The molecule has 0 radical (unpaired) electrons. The SMILES string of the molecule is O=C(O)c1cccc([O-])c1.[Li+].[Li+]. The van der Waals surface area contributed by atoms with Crippen molar-refractivity contribution in [1.82, 2.24) is 0 Å². The summed E-state index contributed by atoms with van der Waals surface area (Å²) in [5.74, 6) is -1.35. The van der Waals surface area contributed by atoms with Crippen molar-refractivity contribution in [2.75, 3.05) is 0 Å². The molecule has 0 fully saturated rings. The van der Waals surface area contributed by atoms with Gasteiger partial charge in [-0.25, -0.2) is 4.79 Å². The second kappa shape index (κ2) is 6.23. The fourth-order valence-corrected chi connectivity index (χ4v) is 0.629. The van der Waals surface area contributed by atoms with Crippen LogP contribution < -0.4 is 42.8 Å².